The van der Waals surface area contributed by atoms with Crippen molar-refractivity contribution in [2.24, 2.45) is 11.8 Å². The summed E-state index contributed by atoms with van der Waals surface area (Å²) in [5, 5.41) is 0. The SMILES string of the molecule is CCOC(=O)C1[C@H]2CCC(OC)[C@H]2CN1C(=O)OCc1ccccc1. The molecule has 0 N–H and O–H groups in total. The van der Waals surface area contributed by atoms with Crippen molar-refractivity contribution >= 4 is 12.1 Å². The fourth-order valence-electron chi connectivity index (χ4n) is 4.09. The zero-order valence-electron chi connectivity index (χ0n) is 14.7. The van der Waals surface area contributed by atoms with Crippen molar-refractivity contribution in [3.63, 3.8) is 0 Å². The molecule has 1 aliphatic heterocycles. The highest BCUT2D eigenvalue weighted by Crippen LogP contribution is 2.44. The van der Waals surface area contributed by atoms with Crippen LogP contribution in [0.25, 0.3) is 0 Å². The number of benzene rings is 1. The molecule has 136 valence electrons. The molecule has 25 heavy (non-hydrogen) atoms. The standard InChI is InChI=1S/C19H25NO5/c1-3-24-18(21)17-14-9-10-16(23-2)15(14)11-20(17)19(22)25-12-13-7-5-4-6-8-13/h4-8,14-17H,3,9-12H2,1-2H3/t14-,15-,16?,17?/m0/s1. The fraction of sp³-hybridized carbons (Fsp3) is 0.579. The third-order valence-electron chi connectivity index (χ3n) is 5.23. The van der Waals surface area contributed by atoms with Crippen LogP contribution in [0.15, 0.2) is 30.3 Å². The lowest BCUT2D eigenvalue weighted by Gasteiger charge is -2.25. The van der Waals surface area contributed by atoms with Gasteiger partial charge < -0.3 is 14.2 Å². The van der Waals surface area contributed by atoms with Crippen LogP contribution in [0.4, 0.5) is 4.79 Å². The van der Waals surface area contributed by atoms with E-state index in [9.17, 15) is 9.59 Å². The Kier molecular flexibility index (Phi) is 5.58. The number of carbonyl (C=O) groups is 2. The molecule has 2 unspecified atom stereocenters. The van der Waals surface area contributed by atoms with E-state index < -0.39 is 12.1 Å². The van der Waals surface area contributed by atoms with Crippen molar-refractivity contribution in [3.05, 3.63) is 35.9 Å². The van der Waals surface area contributed by atoms with Crippen LogP contribution < -0.4 is 0 Å². The fourth-order valence-corrected chi connectivity index (χ4v) is 4.09. The zero-order chi connectivity index (χ0) is 17.8. The Bertz CT molecular complexity index is 605. The number of carbonyl (C=O) groups excluding carboxylic acids is 2. The summed E-state index contributed by atoms with van der Waals surface area (Å²) < 4.78 is 16.2. The number of rotatable bonds is 5. The molecule has 3 rings (SSSR count). The first-order chi connectivity index (χ1) is 12.2. The van der Waals surface area contributed by atoms with E-state index >= 15 is 0 Å². The van der Waals surface area contributed by atoms with Crippen molar-refractivity contribution in [2.45, 2.75) is 38.5 Å². The topological polar surface area (TPSA) is 65.1 Å². The van der Waals surface area contributed by atoms with E-state index in [1.807, 2.05) is 30.3 Å². The second-order valence-electron chi connectivity index (χ2n) is 6.57. The van der Waals surface area contributed by atoms with E-state index in [1.165, 1.54) is 4.90 Å². The van der Waals surface area contributed by atoms with Crippen LogP contribution in [0.2, 0.25) is 0 Å². The Morgan fingerprint density at radius 1 is 1.12 bits per heavy atom. The average Bonchev–Trinajstić information content (AvgIpc) is 3.19. The summed E-state index contributed by atoms with van der Waals surface area (Å²) in [6, 6.07) is 8.93. The second kappa shape index (κ2) is 7.87. The second-order valence-corrected chi connectivity index (χ2v) is 6.57. The van der Waals surface area contributed by atoms with Gasteiger partial charge in [0.2, 0.25) is 0 Å². The lowest BCUT2D eigenvalue weighted by atomic mass is 9.93. The summed E-state index contributed by atoms with van der Waals surface area (Å²) in [6.45, 7) is 2.73. The van der Waals surface area contributed by atoms with Crippen molar-refractivity contribution < 1.29 is 23.8 Å². The molecule has 1 saturated heterocycles. The number of esters is 1. The van der Waals surface area contributed by atoms with Crippen molar-refractivity contribution in [1.82, 2.24) is 4.90 Å². The molecule has 0 bridgehead atoms. The van der Waals surface area contributed by atoms with Crippen LogP contribution in [-0.4, -0.2) is 49.4 Å². The predicted molar refractivity (Wildman–Crippen MR) is 90.8 cm³/mol. The van der Waals surface area contributed by atoms with Crippen LogP contribution in [0.1, 0.15) is 25.3 Å². The highest BCUT2D eigenvalue weighted by Gasteiger charge is 2.54. The van der Waals surface area contributed by atoms with E-state index in [0.29, 0.717) is 13.2 Å². The van der Waals surface area contributed by atoms with Gasteiger partial charge in [-0.1, -0.05) is 30.3 Å². The van der Waals surface area contributed by atoms with Gasteiger partial charge in [0.05, 0.1) is 12.7 Å². The first-order valence-electron chi connectivity index (χ1n) is 8.82. The maximum atomic E-state index is 12.6. The van der Waals surface area contributed by atoms with Crippen LogP contribution in [0.5, 0.6) is 0 Å². The molecule has 4 atom stereocenters. The summed E-state index contributed by atoms with van der Waals surface area (Å²) in [7, 11) is 1.68. The van der Waals surface area contributed by atoms with E-state index in [0.717, 1.165) is 18.4 Å². The molecule has 6 heteroatoms. The molecular formula is C19H25NO5. The first kappa shape index (κ1) is 17.7. The minimum absolute atomic E-state index is 0.0771. The molecule has 2 fully saturated rings. The third kappa shape index (κ3) is 3.63. The highest BCUT2D eigenvalue weighted by molar-refractivity contribution is 5.82. The molecule has 1 saturated carbocycles. The number of methoxy groups -OCH3 is 1. The molecule has 0 radical (unpaired) electrons. The molecule has 1 heterocycles. The third-order valence-corrected chi connectivity index (χ3v) is 5.23. The van der Waals surface area contributed by atoms with Gasteiger partial charge in [-0.05, 0) is 31.2 Å². The van der Waals surface area contributed by atoms with E-state index in [4.69, 9.17) is 14.2 Å². The Balaban J connectivity index is 1.71. The van der Waals surface area contributed by atoms with Crippen molar-refractivity contribution in [1.29, 1.82) is 0 Å². The quantitative estimate of drug-likeness (QED) is 0.766. The summed E-state index contributed by atoms with van der Waals surface area (Å²) in [5.74, 6) is -0.111. The average molecular weight is 347 g/mol. The lowest BCUT2D eigenvalue weighted by Crippen LogP contribution is -2.44. The maximum absolute atomic E-state index is 12.6. The Morgan fingerprint density at radius 2 is 1.88 bits per heavy atom. The molecule has 0 spiro atoms. The van der Waals surface area contributed by atoms with Crippen LogP contribution in [0, 0.1) is 11.8 Å². The van der Waals surface area contributed by atoms with Gasteiger partial charge in [0.15, 0.2) is 0 Å². The molecule has 6 nitrogen and oxygen atoms in total. The molecule has 0 aromatic heterocycles. The Labute approximate surface area is 148 Å². The van der Waals surface area contributed by atoms with Gasteiger partial charge in [0.25, 0.3) is 0 Å². The minimum Gasteiger partial charge on any atom is -0.464 e. The normalized spacial score (nSPS) is 27.8. The van der Waals surface area contributed by atoms with Gasteiger partial charge in [-0.3, -0.25) is 4.90 Å². The lowest BCUT2D eigenvalue weighted by molar-refractivity contribution is -0.149. The molecule has 1 amide bonds. The predicted octanol–water partition coefficient (Wildman–Crippen LogP) is 2.61. The van der Waals surface area contributed by atoms with Crippen molar-refractivity contribution in [3.8, 4) is 0 Å². The van der Waals surface area contributed by atoms with Crippen molar-refractivity contribution in [2.75, 3.05) is 20.3 Å². The minimum atomic E-state index is -0.576. The monoisotopic (exact) mass is 347 g/mol. The number of likely N-dealkylation sites (tertiary alicyclic amines) is 1. The smallest absolute Gasteiger partial charge is 0.410 e. The van der Waals surface area contributed by atoms with E-state index in [1.54, 1.807) is 14.0 Å². The maximum Gasteiger partial charge on any atom is 0.410 e. The van der Waals surface area contributed by atoms with Gasteiger partial charge in [0, 0.05) is 19.6 Å². The number of fused-ring (bicyclic) bond motifs is 1. The van der Waals surface area contributed by atoms with E-state index in [2.05, 4.69) is 0 Å². The Morgan fingerprint density at radius 3 is 2.56 bits per heavy atom. The van der Waals surface area contributed by atoms with Gasteiger partial charge in [-0.2, -0.15) is 0 Å². The largest absolute Gasteiger partial charge is 0.464 e. The number of nitrogens with zero attached hydrogens (tertiary/aromatic N) is 1. The zero-order valence-corrected chi connectivity index (χ0v) is 14.7. The number of hydrogen-bond acceptors (Lipinski definition) is 5. The molecule has 1 aromatic carbocycles. The first-order valence-corrected chi connectivity index (χ1v) is 8.82. The van der Waals surface area contributed by atoms with E-state index in [-0.39, 0.29) is 30.5 Å². The molecule has 1 aromatic rings. The highest BCUT2D eigenvalue weighted by atomic mass is 16.6. The summed E-state index contributed by atoms with van der Waals surface area (Å²) in [6.07, 6.45) is 1.38. The van der Waals surface area contributed by atoms with Gasteiger partial charge >= 0.3 is 12.1 Å². The number of amides is 1. The van der Waals surface area contributed by atoms with Gasteiger partial charge in [0.1, 0.15) is 12.6 Å². The summed E-state index contributed by atoms with van der Waals surface area (Å²) in [5.41, 5.74) is 0.915. The summed E-state index contributed by atoms with van der Waals surface area (Å²) in [4.78, 5) is 26.6. The summed E-state index contributed by atoms with van der Waals surface area (Å²) >= 11 is 0. The van der Waals surface area contributed by atoms with Crippen LogP contribution in [0.3, 0.4) is 0 Å². The molecule has 2 aliphatic rings. The van der Waals surface area contributed by atoms with Gasteiger partial charge in [-0.25, -0.2) is 9.59 Å². The van der Waals surface area contributed by atoms with Crippen LogP contribution in [-0.2, 0) is 25.6 Å². The Hall–Kier alpha value is -2.08. The molecule has 1 aliphatic carbocycles. The molecular weight excluding hydrogens is 322 g/mol. The number of hydrogen-bond donors (Lipinski definition) is 0. The van der Waals surface area contributed by atoms with Gasteiger partial charge in [-0.15, -0.1) is 0 Å². The number of ether oxygens (including phenoxy) is 3. The van der Waals surface area contributed by atoms with Crippen LogP contribution >= 0.6 is 0 Å².